The summed E-state index contributed by atoms with van der Waals surface area (Å²) in [7, 11) is 0. The molecule has 0 nitrogen and oxygen atoms in total. The summed E-state index contributed by atoms with van der Waals surface area (Å²) in [5, 5.41) is 4.21. The summed E-state index contributed by atoms with van der Waals surface area (Å²) in [6, 6.07) is 6.31. The maximum atomic E-state index is 3.16. The smallest absolute Gasteiger partial charge is 0.273 e. The Kier molecular flexibility index (Phi) is 14.8. The van der Waals surface area contributed by atoms with Crippen LogP contribution in [0.2, 0.25) is 0 Å². The van der Waals surface area contributed by atoms with Gasteiger partial charge in [-0.2, -0.15) is 22.9 Å². The predicted molar refractivity (Wildman–Crippen MR) is 108 cm³/mol. The van der Waals surface area contributed by atoms with Crippen molar-refractivity contribution in [3.63, 3.8) is 0 Å². The molecule has 0 radical (unpaired) electrons. The zero-order valence-electron chi connectivity index (χ0n) is 15.3. The first-order chi connectivity index (χ1) is 11.6. The molecule has 0 N–H and O–H groups in total. The van der Waals surface area contributed by atoms with Gasteiger partial charge in [0.15, 0.2) is 0 Å². The molecular formula is C22H24S2Ti. The fourth-order valence-corrected chi connectivity index (χ4v) is 2.97. The van der Waals surface area contributed by atoms with Crippen LogP contribution in [0.5, 0.6) is 0 Å². The molecule has 128 valence electrons. The van der Waals surface area contributed by atoms with Crippen LogP contribution in [0, 0.1) is 52.0 Å². The van der Waals surface area contributed by atoms with Crippen molar-refractivity contribution in [3.05, 3.63) is 92.4 Å². The molecule has 0 fully saturated rings. The fourth-order valence-electron chi connectivity index (χ4n) is 1.71. The number of hydrogen-bond acceptors (Lipinski definition) is 2. The van der Waals surface area contributed by atoms with Gasteiger partial charge in [-0.1, -0.05) is 13.8 Å². The number of hydrogen-bond donors (Lipinski definition) is 0. The van der Waals surface area contributed by atoms with E-state index in [1.165, 1.54) is 20.9 Å². The predicted octanol–water partition coefficient (Wildman–Crippen LogP) is 6.94. The van der Waals surface area contributed by atoms with Crippen LogP contribution in [0.15, 0.2) is 47.2 Å². The molecule has 0 saturated carbocycles. The number of thiophene rings is 2. The van der Waals surface area contributed by atoms with Crippen molar-refractivity contribution in [1.29, 1.82) is 0 Å². The molecule has 0 atom stereocenters. The van der Waals surface area contributed by atoms with Gasteiger partial charge >= 0.3 is 21.7 Å². The van der Waals surface area contributed by atoms with Crippen LogP contribution in [-0.4, -0.2) is 0 Å². The average molecular weight is 400 g/mol. The summed E-state index contributed by atoms with van der Waals surface area (Å²) in [4.78, 5) is 2.55. The minimum Gasteiger partial charge on any atom is -0.273 e. The molecule has 0 aromatic carbocycles. The maximum absolute atomic E-state index is 3.16. The van der Waals surface area contributed by atoms with Crippen LogP contribution < -0.4 is 0 Å². The Balaban J connectivity index is 0.000000307. The van der Waals surface area contributed by atoms with Gasteiger partial charge < -0.3 is 0 Å². The Hall–Kier alpha value is -0.926. The van der Waals surface area contributed by atoms with Crippen molar-refractivity contribution >= 4 is 22.7 Å². The standard InChI is InChI=1S/2C6H7S.2C5H5.Ti/c2*1-5-3-6(2)7-4-5;2*1-2-4-5-3-1;/h2*4H,1-2H3;2*1-3H,4H2;/q4*-1;+4. The van der Waals surface area contributed by atoms with E-state index in [9.17, 15) is 0 Å². The third-order valence-corrected chi connectivity index (χ3v) is 4.60. The molecule has 25 heavy (non-hydrogen) atoms. The number of rotatable bonds is 0. The van der Waals surface area contributed by atoms with E-state index in [0.29, 0.717) is 0 Å². The molecule has 2 aliphatic rings. The van der Waals surface area contributed by atoms with Gasteiger partial charge in [0, 0.05) is 0 Å². The van der Waals surface area contributed by atoms with Crippen molar-refractivity contribution < 1.29 is 21.7 Å². The molecule has 3 heteroatoms. The van der Waals surface area contributed by atoms with E-state index in [1.54, 1.807) is 22.7 Å². The fraction of sp³-hybridized carbons (Fsp3) is 0.273. The third-order valence-electron chi connectivity index (χ3n) is 2.74. The van der Waals surface area contributed by atoms with Gasteiger partial charge in [0.1, 0.15) is 0 Å². The van der Waals surface area contributed by atoms with Gasteiger partial charge in [-0.3, -0.25) is 34.8 Å². The molecule has 2 heterocycles. The average Bonchev–Trinajstić information content (AvgIpc) is 3.31. The summed E-state index contributed by atoms with van der Waals surface area (Å²) in [6.07, 6.45) is 20.0. The second kappa shape index (κ2) is 15.3. The summed E-state index contributed by atoms with van der Waals surface area (Å²) in [5.41, 5.74) is 2.50. The molecule has 0 amide bonds. The van der Waals surface area contributed by atoms with Crippen molar-refractivity contribution in [3.8, 4) is 0 Å². The topological polar surface area (TPSA) is 0 Å². The van der Waals surface area contributed by atoms with E-state index in [4.69, 9.17) is 0 Å². The summed E-state index contributed by atoms with van der Waals surface area (Å²) >= 11 is 3.50. The number of allylic oxidation sites excluding steroid dienone is 8. The van der Waals surface area contributed by atoms with Crippen LogP contribution in [0.3, 0.4) is 0 Å². The van der Waals surface area contributed by atoms with Gasteiger partial charge in [0.05, 0.1) is 0 Å². The van der Waals surface area contributed by atoms with Gasteiger partial charge in [0.2, 0.25) is 0 Å². The van der Waals surface area contributed by atoms with Gasteiger partial charge in [-0.25, -0.2) is 47.6 Å². The van der Waals surface area contributed by atoms with Crippen LogP contribution >= 0.6 is 22.7 Å². The quantitative estimate of drug-likeness (QED) is 0.332. The third kappa shape index (κ3) is 14.0. The van der Waals surface area contributed by atoms with E-state index < -0.39 is 0 Å². The molecule has 0 unspecified atom stereocenters. The normalized spacial score (nSPS) is 12.3. The van der Waals surface area contributed by atoms with Crippen LogP contribution in [0.1, 0.15) is 33.7 Å². The van der Waals surface area contributed by atoms with E-state index >= 15 is 0 Å². The van der Waals surface area contributed by atoms with E-state index in [-0.39, 0.29) is 21.7 Å². The van der Waals surface area contributed by atoms with Crippen molar-refractivity contribution in [2.24, 2.45) is 0 Å². The van der Waals surface area contributed by atoms with Crippen molar-refractivity contribution in [1.82, 2.24) is 0 Å². The zero-order valence-corrected chi connectivity index (χ0v) is 18.5. The van der Waals surface area contributed by atoms with Crippen LogP contribution in [-0.2, 0) is 21.7 Å². The van der Waals surface area contributed by atoms with Crippen molar-refractivity contribution in [2.75, 3.05) is 0 Å². The zero-order chi connectivity index (χ0) is 17.6. The van der Waals surface area contributed by atoms with Crippen LogP contribution in [0.25, 0.3) is 0 Å². The Bertz CT molecular complexity index is 571. The first kappa shape index (κ1) is 24.1. The molecule has 0 saturated heterocycles. The molecule has 2 aromatic heterocycles. The molecule has 0 aliphatic heterocycles. The van der Waals surface area contributed by atoms with Gasteiger partial charge in [-0.15, -0.1) is 22.6 Å². The van der Waals surface area contributed by atoms with E-state index in [0.717, 1.165) is 12.8 Å². The maximum Gasteiger partial charge on any atom is 4.00 e. The number of aryl methyl sites for hydroxylation is 4. The minimum atomic E-state index is 0. The first-order valence-electron chi connectivity index (χ1n) is 7.89. The molecule has 0 bridgehead atoms. The van der Waals surface area contributed by atoms with Crippen molar-refractivity contribution in [2.45, 2.75) is 40.5 Å². The molecule has 2 aromatic rings. The van der Waals surface area contributed by atoms with E-state index in [2.05, 4.69) is 74.9 Å². The van der Waals surface area contributed by atoms with Gasteiger partial charge in [-0.05, 0) is 13.8 Å². The largest absolute Gasteiger partial charge is 4.00 e. The molecule has 2 aliphatic carbocycles. The second-order valence-electron chi connectivity index (χ2n) is 5.21. The monoisotopic (exact) mass is 400 g/mol. The SMILES string of the molecule is Cc1[c-]c(C)sc1.Cc1[c-]c(C)sc1.[C-]1=CC=CC1.[C-]1=CC=CC1.[Ti+4]. The molecule has 0 spiro atoms. The van der Waals surface area contributed by atoms with Crippen LogP contribution in [0.4, 0.5) is 0 Å². The van der Waals surface area contributed by atoms with E-state index in [1.807, 2.05) is 24.3 Å². The Labute approximate surface area is 176 Å². The Morgan fingerprint density at radius 2 is 1.12 bits per heavy atom. The molecule has 4 rings (SSSR count). The molecular weight excluding hydrogens is 376 g/mol. The summed E-state index contributed by atoms with van der Waals surface area (Å²) in [5.74, 6) is 0. The summed E-state index contributed by atoms with van der Waals surface area (Å²) < 4.78 is 0. The van der Waals surface area contributed by atoms with Gasteiger partial charge in [0.25, 0.3) is 0 Å². The first-order valence-corrected chi connectivity index (χ1v) is 9.65. The minimum absolute atomic E-state index is 0. The second-order valence-corrected chi connectivity index (χ2v) is 7.37. The summed E-state index contributed by atoms with van der Waals surface area (Å²) in [6.45, 7) is 8.25. The Morgan fingerprint density at radius 3 is 1.20 bits per heavy atom. The Morgan fingerprint density at radius 1 is 0.720 bits per heavy atom.